The maximum Gasteiger partial charge on any atom is 0.253 e. The number of hydrogen-bond donors (Lipinski definition) is 2. The number of primary amides is 1. The van der Waals surface area contributed by atoms with Gasteiger partial charge in [0.15, 0.2) is 5.58 Å². The van der Waals surface area contributed by atoms with E-state index in [1.165, 1.54) is 30.5 Å². The summed E-state index contributed by atoms with van der Waals surface area (Å²) in [5, 5.41) is 9.60. The highest BCUT2D eigenvalue weighted by Gasteiger charge is 2.20. The predicted molar refractivity (Wildman–Crippen MR) is 73.8 cm³/mol. The van der Waals surface area contributed by atoms with Crippen LogP contribution in [0.4, 0.5) is 4.39 Å². The van der Waals surface area contributed by atoms with Crippen molar-refractivity contribution in [2.75, 3.05) is 0 Å². The molecule has 106 valence electrons. The van der Waals surface area contributed by atoms with Gasteiger partial charge in [-0.2, -0.15) is 0 Å². The van der Waals surface area contributed by atoms with Crippen LogP contribution in [0, 0.1) is 5.82 Å². The van der Waals surface area contributed by atoms with Gasteiger partial charge in [0.25, 0.3) is 5.91 Å². The molecule has 0 aliphatic carbocycles. The lowest BCUT2D eigenvalue weighted by molar-refractivity contribution is 0.100. The summed E-state index contributed by atoms with van der Waals surface area (Å²) >= 11 is 0. The number of fused-ring (bicyclic) bond motifs is 1. The Balaban J connectivity index is 2.29. The molecule has 0 saturated heterocycles. The molecular formula is C15H11FN2O3. The third kappa shape index (κ3) is 2.25. The monoisotopic (exact) mass is 286 g/mol. The Kier molecular flexibility index (Phi) is 3.15. The van der Waals surface area contributed by atoms with Crippen molar-refractivity contribution in [1.82, 2.24) is 4.98 Å². The number of hydrogen-bond acceptors (Lipinski definition) is 4. The number of carbonyl (C=O) groups is 1. The number of aliphatic hydroxyl groups excluding tert-OH is 1. The molecular weight excluding hydrogens is 275 g/mol. The van der Waals surface area contributed by atoms with Crippen molar-refractivity contribution in [1.29, 1.82) is 0 Å². The Labute approximate surface area is 118 Å². The highest BCUT2D eigenvalue weighted by molar-refractivity contribution is 6.10. The number of aromatic nitrogens is 1. The zero-order valence-electron chi connectivity index (χ0n) is 10.8. The molecule has 5 nitrogen and oxygen atoms in total. The molecule has 2 aromatic heterocycles. The van der Waals surface area contributed by atoms with Crippen molar-refractivity contribution < 1.29 is 18.7 Å². The van der Waals surface area contributed by atoms with E-state index in [9.17, 15) is 9.18 Å². The van der Waals surface area contributed by atoms with Crippen molar-refractivity contribution in [2.24, 2.45) is 5.73 Å². The van der Waals surface area contributed by atoms with Gasteiger partial charge in [-0.1, -0.05) is 0 Å². The van der Waals surface area contributed by atoms with Crippen molar-refractivity contribution in [3.8, 4) is 11.3 Å². The van der Waals surface area contributed by atoms with Crippen molar-refractivity contribution in [3.05, 3.63) is 53.6 Å². The quantitative estimate of drug-likeness (QED) is 0.772. The summed E-state index contributed by atoms with van der Waals surface area (Å²) in [7, 11) is 0. The molecule has 1 amide bonds. The van der Waals surface area contributed by atoms with Crippen LogP contribution in [0.2, 0.25) is 0 Å². The first kappa shape index (κ1) is 13.3. The summed E-state index contributed by atoms with van der Waals surface area (Å²) in [5.41, 5.74) is 6.93. The normalized spacial score (nSPS) is 11.0. The summed E-state index contributed by atoms with van der Waals surface area (Å²) < 4.78 is 18.6. The Hall–Kier alpha value is -2.73. The fourth-order valence-corrected chi connectivity index (χ4v) is 2.18. The minimum atomic E-state index is -0.664. The second-order valence-electron chi connectivity index (χ2n) is 4.51. The van der Waals surface area contributed by atoms with E-state index < -0.39 is 5.91 Å². The number of nitrogens with zero attached hydrogens (tertiary/aromatic N) is 1. The predicted octanol–water partition coefficient (Wildman–Crippen LogP) is 2.23. The fraction of sp³-hybridized carbons (Fsp3) is 0.0667. The molecule has 2 heterocycles. The Morgan fingerprint density at radius 3 is 2.67 bits per heavy atom. The molecule has 3 rings (SSSR count). The number of furan rings is 1. The van der Waals surface area contributed by atoms with Crippen LogP contribution in [0.5, 0.6) is 0 Å². The molecule has 3 aromatic rings. The molecule has 21 heavy (non-hydrogen) atoms. The molecule has 0 aliphatic heterocycles. The summed E-state index contributed by atoms with van der Waals surface area (Å²) in [4.78, 5) is 15.7. The van der Waals surface area contributed by atoms with E-state index in [2.05, 4.69) is 4.98 Å². The van der Waals surface area contributed by atoms with Crippen molar-refractivity contribution >= 4 is 16.9 Å². The van der Waals surface area contributed by atoms with E-state index in [0.29, 0.717) is 22.2 Å². The van der Waals surface area contributed by atoms with Crippen LogP contribution < -0.4 is 5.73 Å². The minimum absolute atomic E-state index is 0.189. The molecule has 0 atom stereocenters. The molecule has 1 aromatic carbocycles. The largest absolute Gasteiger partial charge is 0.454 e. The van der Waals surface area contributed by atoms with Crippen LogP contribution >= 0.6 is 0 Å². The first-order valence-electron chi connectivity index (χ1n) is 6.18. The average Bonchev–Trinajstić information content (AvgIpc) is 2.86. The van der Waals surface area contributed by atoms with Gasteiger partial charge in [-0.15, -0.1) is 0 Å². The highest BCUT2D eigenvalue weighted by atomic mass is 19.1. The molecule has 0 unspecified atom stereocenters. The van der Waals surface area contributed by atoms with Crippen LogP contribution in [-0.2, 0) is 6.61 Å². The van der Waals surface area contributed by atoms with E-state index in [1.807, 2.05) is 0 Å². The van der Waals surface area contributed by atoms with E-state index in [0.717, 1.165) is 0 Å². The lowest BCUT2D eigenvalue weighted by Gasteiger charge is -2.00. The third-order valence-electron chi connectivity index (χ3n) is 3.15. The zero-order valence-corrected chi connectivity index (χ0v) is 10.8. The number of pyridine rings is 1. The van der Waals surface area contributed by atoms with Crippen molar-refractivity contribution in [3.63, 3.8) is 0 Å². The average molecular weight is 286 g/mol. The van der Waals surface area contributed by atoms with Gasteiger partial charge in [0.05, 0.1) is 24.1 Å². The van der Waals surface area contributed by atoms with Crippen LogP contribution in [-0.4, -0.2) is 16.0 Å². The standard InChI is InChI=1S/C15H11FN2O3/c16-9-3-1-8(2-4-9)14-13(15(17)20)11-5-10(7-19)18-6-12(11)21-14/h1-6,19H,7H2,(H2,17,20). The molecule has 0 spiro atoms. The fourth-order valence-electron chi connectivity index (χ4n) is 2.18. The zero-order chi connectivity index (χ0) is 15.0. The molecule has 0 fully saturated rings. The van der Waals surface area contributed by atoms with Crippen LogP contribution in [0.25, 0.3) is 22.3 Å². The number of carbonyl (C=O) groups excluding carboxylic acids is 1. The van der Waals surface area contributed by atoms with E-state index in [1.54, 1.807) is 6.07 Å². The van der Waals surface area contributed by atoms with Crippen molar-refractivity contribution in [2.45, 2.75) is 6.61 Å². The topological polar surface area (TPSA) is 89.4 Å². The first-order valence-corrected chi connectivity index (χ1v) is 6.18. The number of aliphatic hydroxyl groups is 1. The Bertz CT molecular complexity index is 825. The Morgan fingerprint density at radius 2 is 2.05 bits per heavy atom. The SMILES string of the molecule is NC(=O)c1c(-c2ccc(F)cc2)oc2cnc(CO)cc12. The van der Waals surface area contributed by atoms with Gasteiger partial charge in [-0.05, 0) is 30.3 Å². The lowest BCUT2D eigenvalue weighted by atomic mass is 10.1. The van der Waals surface area contributed by atoms with Gasteiger partial charge >= 0.3 is 0 Å². The van der Waals surface area contributed by atoms with Gasteiger partial charge in [0, 0.05) is 10.9 Å². The summed E-state index contributed by atoms with van der Waals surface area (Å²) in [6.07, 6.45) is 1.42. The molecule has 6 heteroatoms. The second kappa shape index (κ2) is 4.99. The maximum atomic E-state index is 13.0. The lowest BCUT2D eigenvalue weighted by Crippen LogP contribution is -2.11. The van der Waals surface area contributed by atoms with E-state index in [4.69, 9.17) is 15.3 Å². The number of rotatable bonds is 3. The van der Waals surface area contributed by atoms with Gasteiger partial charge in [0.1, 0.15) is 11.6 Å². The molecule has 0 bridgehead atoms. The van der Waals surface area contributed by atoms with E-state index >= 15 is 0 Å². The Morgan fingerprint density at radius 1 is 1.33 bits per heavy atom. The highest BCUT2D eigenvalue weighted by Crippen LogP contribution is 2.33. The smallest absolute Gasteiger partial charge is 0.253 e. The van der Waals surface area contributed by atoms with Gasteiger partial charge in [-0.25, -0.2) is 4.39 Å². The first-order chi connectivity index (χ1) is 10.1. The van der Waals surface area contributed by atoms with Crippen LogP contribution in [0.15, 0.2) is 40.9 Å². The molecule has 0 radical (unpaired) electrons. The maximum absolute atomic E-state index is 13.0. The van der Waals surface area contributed by atoms with Crippen LogP contribution in [0.3, 0.4) is 0 Å². The van der Waals surface area contributed by atoms with Crippen LogP contribution in [0.1, 0.15) is 16.1 Å². The van der Waals surface area contributed by atoms with Gasteiger partial charge in [0.2, 0.25) is 0 Å². The summed E-state index contributed by atoms with van der Waals surface area (Å²) in [6, 6.07) is 7.08. The summed E-state index contributed by atoms with van der Waals surface area (Å²) in [5.74, 6) is -0.794. The number of amides is 1. The third-order valence-corrected chi connectivity index (χ3v) is 3.15. The summed E-state index contributed by atoms with van der Waals surface area (Å²) in [6.45, 7) is -0.259. The minimum Gasteiger partial charge on any atom is -0.454 e. The van der Waals surface area contributed by atoms with Gasteiger partial charge < -0.3 is 15.3 Å². The van der Waals surface area contributed by atoms with E-state index in [-0.39, 0.29) is 23.7 Å². The molecule has 0 saturated carbocycles. The van der Waals surface area contributed by atoms with Gasteiger partial charge in [-0.3, -0.25) is 9.78 Å². The molecule has 0 aliphatic rings. The number of halogens is 1. The number of benzene rings is 1. The number of nitrogens with two attached hydrogens (primary N) is 1. The molecule has 3 N–H and O–H groups in total. The second-order valence-corrected chi connectivity index (χ2v) is 4.51.